The lowest BCUT2D eigenvalue weighted by Gasteiger charge is -2.15. The number of rotatable bonds is 10. The molecule has 3 aromatic rings. The normalized spacial score (nSPS) is 11.0. The van der Waals surface area contributed by atoms with Crippen molar-refractivity contribution in [3.05, 3.63) is 89.2 Å². The van der Waals surface area contributed by atoms with Gasteiger partial charge in [0.25, 0.3) is 5.91 Å². The van der Waals surface area contributed by atoms with E-state index in [9.17, 15) is 4.79 Å². The van der Waals surface area contributed by atoms with Crippen LogP contribution in [0.1, 0.15) is 53.2 Å². The fourth-order valence-electron chi connectivity index (χ4n) is 3.06. The standard InChI is InChI=1S/C26H29N3O3/c1-19(2)24-10-5-20(3)17-25(24)32-16-4-15-31-23-8-6-21(7-9-23)18-28-29-26(30)22-11-13-27-14-12-22/h5-14,17-19H,4,15-16H2,1-3H3,(H,29,30). The summed E-state index contributed by atoms with van der Waals surface area (Å²) in [5.74, 6) is 1.88. The van der Waals surface area contributed by atoms with Gasteiger partial charge in [0.15, 0.2) is 0 Å². The third kappa shape index (κ3) is 6.94. The Morgan fingerprint density at radius 3 is 2.47 bits per heavy atom. The third-order valence-electron chi connectivity index (χ3n) is 4.81. The predicted octanol–water partition coefficient (Wildman–Crippen LogP) is 5.13. The monoisotopic (exact) mass is 431 g/mol. The number of ether oxygens (including phenoxy) is 2. The van der Waals surface area contributed by atoms with Crippen molar-refractivity contribution >= 4 is 12.1 Å². The molecule has 1 N–H and O–H groups in total. The topological polar surface area (TPSA) is 72.8 Å². The van der Waals surface area contributed by atoms with Crippen LogP contribution < -0.4 is 14.9 Å². The Balaban J connectivity index is 1.40. The molecule has 3 rings (SSSR count). The molecule has 1 amide bonds. The van der Waals surface area contributed by atoms with Gasteiger partial charge in [0.05, 0.1) is 19.4 Å². The molecule has 6 nitrogen and oxygen atoms in total. The van der Waals surface area contributed by atoms with Gasteiger partial charge in [0.1, 0.15) is 11.5 Å². The highest BCUT2D eigenvalue weighted by molar-refractivity contribution is 5.94. The van der Waals surface area contributed by atoms with Gasteiger partial charge >= 0.3 is 0 Å². The fourth-order valence-corrected chi connectivity index (χ4v) is 3.06. The number of hydrazone groups is 1. The van der Waals surface area contributed by atoms with E-state index in [4.69, 9.17) is 9.47 Å². The lowest BCUT2D eigenvalue weighted by Crippen LogP contribution is -2.17. The maximum absolute atomic E-state index is 11.9. The predicted molar refractivity (Wildman–Crippen MR) is 127 cm³/mol. The van der Waals surface area contributed by atoms with Crippen molar-refractivity contribution < 1.29 is 14.3 Å². The second-order valence-corrected chi connectivity index (χ2v) is 7.75. The molecular formula is C26H29N3O3. The maximum Gasteiger partial charge on any atom is 0.271 e. The second kappa shape index (κ2) is 11.6. The minimum Gasteiger partial charge on any atom is -0.493 e. The number of hydrogen-bond donors (Lipinski definition) is 1. The van der Waals surface area contributed by atoms with Gasteiger partial charge in [0, 0.05) is 24.4 Å². The quantitative estimate of drug-likeness (QED) is 0.275. The first-order valence-corrected chi connectivity index (χ1v) is 10.7. The molecule has 0 saturated carbocycles. The van der Waals surface area contributed by atoms with E-state index in [1.165, 1.54) is 11.1 Å². The lowest BCUT2D eigenvalue weighted by molar-refractivity contribution is 0.0955. The summed E-state index contributed by atoms with van der Waals surface area (Å²) in [5, 5.41) is 3.99. The van der Waals surface area contributed by atoms with E-state index in [1.54, 1.807) is 30.7 Å². The third-order valence-corrected chi connectivity index (χ3v) is 4.81. The fraction of sp³-hybridized carbons (Fsp3) is 0.269. The number of carbonyl (C=O) groups is 1. The average Bonchev–Trinajstić information content (AvgIpc) is 2.80. The van der Waals surface area contributed by atoms with Crippen molar-refractivity contribution in [1.29, 1.82) is 0 Å². The molecule has 32 heavy (non-hydrogen) atoms. The Morgan fingerprint density at radius 1 is 1.03 bits per heavy atom. The number of aryl methyl sites for hydroxylation is 1. The SMILES string of the molecule is Cc1ccc(C(C)C)c(OCCCOc2ccc(C=NNC(=O)c3ccncc3)cc2)c1. The molecule has 0 spiro atoms. The van der Waals surface area contributed by atoms with Crippen LogP contribution in [0.2, 0.25) is 0 Å². The van der Waals surface area contributed by atoms with Crippen LogP contribution in [0.3, 0.4) is 0 Å². The number of nitrogens with one attached hydrogen (secondary N) is 1. The van der Waals surface area contributed by atoms with Gasteiger partial charge < -0.3 is 9.47 Å². The van der Waals surface area contributed by atoms with Gasteiger partial charge in [-0.1, -0.05) is 26.0 Å². The maximum atomic E-state index is 11.9. The van der Waals surface area contributed by atoms with Crippen LogP contribution in [-0.4, -0.2) is 30.3 Å². The molecule has 0 atom stereocenters. The van der Waals surface area contributed by atoms with Crippen LogP contribution in [-0.2, 0) is 0 Å². The van der Waals surface area contributed by atoms with Crippen LogP contribution in [0, 0.1) is 6.92 Å². The molecule has 6 heteroatoms. The molecule has 0 aliphatic heterocycles. The largest absolute Gasteiger partial charge is 0.493 e. The summed E-state index contributed by atoms with van der Waals surface area (Å²) in [4.78, 5) is 15.8. The van der Waals surface area contributed by atoms with Crippen LogP contribution in [0.25, 0.3) is 0 Å². The van der Waals surface area contributed by atoms with E-state index >= 15 is 0 Å². The first-order valence-electron chi connectivity index (χ1n) is 10.7. The smallest absolute Gasteiger partial charge is 0.271 e. The minimum atomic E-state index is -0.281. The Kier molecular flexibility index (Phi) is 8.37. The summed E-state index contributed by atoms with van der Waals surface area (Å²) in [7, 11) is 0. The van der Waals surface area contributed by atoms with Crippen LogP contribution in [0.4, 0.5) is 0 Å². The molecule has 1 aromatic heterocycles. The first-order chi connectivity index (χ1) is 15.5. The number of hydrogen-bond acceptors (Lipinski definition) is 5. The average molecular weight is 432 g/mol. The van der Waals surface area contributed by atoms with Crippen molar-refractivity contribution in [2.45, 2.75) is 33.1 Å². The van der Waals surface area contributed by atoms with Crippen molar-refractivity contribution in [3.63, 3.8) is 0 Å². The molecular weight excluding hydrogens is 402 g/mol. The van der Waals surface area contributed by atoms with Gasteiger partial charge in [-0.15, -0.1) is 0 Å². The highest BCUT2D eigenvalue weighted by atomic mass is 16.5. The summed E-state index contributed by atoms with van der Waals surface area (Å²) >= 11 is 0. The zero-order valence-corrected chi connectivity index (χ0v) is 18.7. The minimum absolute atomic E-state index is 0.281. The molecule has 0 fully saturated rings. The highest BCUT2D eigenvalue weighted by Gasteiger charge is 2.08. The van der Waals surface area contributed by atoms with Gasteiger partial charge in [0.2, 0.25) is 0 Å². The van der Waals surface area contributed by atoms with Crippen molar-refractivity contribution in [2.75, 3.05) is 13.2 Å². The van der Waals surface area contributed by atoms with E-state index in [2.05, 4.69) is 54.5 Å². The molecule has 1 heterocycles. The van der Waals surface area contributed by atoms with Crippen molar-refractivity contribution in [3.8, 4) is 11.5 Å². The van der Waals surface area contributed by atoms with Crippen molar-refractivity contribution in [2.24, 2.45) is 5.10 Å². The van der Waals surface area contributed by atoms with Gasteiger partial charge in [-0.2, -0.15) is 5.10 Å². The van der Waals surface area contributed by atoms with Gasteiger partial charge in [-0.05, 0) is 72.0 Å². The molecule has 0 saturated heterocycles. The zero-order valence-electron chi connectivity index (χ0n) is 18.7. The number of nitrogens with zero attached hydrogens (tertiary/aromatic N) is 2. The summed E-state index contributed by atoms with van der Waals surface area (Å²) in [6.45, 7) is 7.58. The van der Waals surface area contributed by atoms with E-state index in [0.717, 1.165) is 23.5 Å². The van der Waals surface area contributed by atoms with E-state index in [-0.39, 0.29) is 5.91 Å². The zero-order chi connectivity index (χ0) is 22.8. The molecule has 0 aliphatic rings. The molecule has 0 bridgehead atoms. The number of aromatic nitrogens is 1. The van der Waals surface area contributed by atoms with E-state index in [1.807, 2.05) is 24.3 Å². The summed E-state index contributed by atoms with van der Waals surface area (Å²) in [6.07, 6.45) is 5.50. The Morgan fingerprint density at radius 2 is 1.75 bits per heavy atom. The number of benzene rings is 2. The highest BCUT2D eigenvalue weighted by Crippen LogP contribution is 2.27. The lowest BCUT2D eigenvalue weighted by atomic mass is 10.0. The number of amides is 1. The van der Waals surface area contributed by atoms with Gasteiger partial charge in [-0.25, -0.2) is 5.43 Å². The van der Waals surface area contributed by atoms with Crippen LogP contribution >= 0.6 is 0 Å². The van der Waals surface area contributed by atoms with E-state index < -0.39 is 0 Å². The number of carbonyl (C=O) groups excluding carboxylic acids is 1. The summed E-state index contributed by atoms with van der Waals surface area (Å²) < 4.78 is 11.8. The molecule has 0 unspecified atom stereocenters. The Labute approximate surface area is 189 Å². The summed E-state index contributed by atoms with van der Waals surface area (Å²) in [6, 6.07) is 17.1. The Hall–Kier alpha value is -3.67. The molecule has 2 aromatic carbocycles. The first kappa shape index (κ1) is 23.0. The van der Waals surface area contributed by atoms with Crippen molar-refractivity contribution in [1.82, 2.24) is 10.4 Å². The number of pyridine rings is 1. The van der Waals surface area contributed by atoms with Crippen LogP contribution in [0.5, 0.6) is 11.5 Å². The summed E-state index contributed by atoms with van der Waals surface area (Å²) in [5.41, 5.74) is 6.28. The molecule has 0 radical (unpaired) electrons. The van der Waals surface area contributed by atoms with Crippen LogP contribution in [0.15, 0.2) is 72.1 Å². The molecule has 166 valence electrons. The van der Waals surface area contributed by atoms with Gasteiger partial charge in [-0.3, -0.25) is 9.78 Å². The molecule has 0 aliphatic carbocycles. The second-order valence-electron chi connectivity index (χ2n) is 7.75. The van der Waals surface area contributed by atoms with E-state index in [0.29, 0.717) is 24.7 Å². The Bertz CT molecular complexity index is 1030.